The van der Waals surface area contributed by atoms with Crippen LogP contribution in [0.3, 0.4) is 0 Å². The number of aryl methyl sites for hydroxylation is 2. The normalized spacial score (nSPS) is 14.8. The molecule has 152 valence electrons. The molecule has 29 heavy (non-hydrogen) atoms. The number of nitrogens with one attached hydrogen (secondary N) is 1. The van der Waals surface area contributed by atoms with Crippen LogP contribution in [0.2, 0.25) is 0 Å². The Morgan fingerprint density at radius 2 is 1.83 bits per heavy atom. The molecule has 0 saturated carbocycles. The minimum atomic E-state index is -1.06. The molecule has 1 fully saturated rings. The van der Waals surface area contributed by atoms with E-state index in [1.807, 2.05) is 6.92 Å². The summed E-state index contributed by atoms with van der Waals surface area (Å²) < 4.78 is 6.91. The van der Waals surface area contributed by atoms with Gasteiger partial charge in [0.1, 0.15) is 0 Å². The fourth-order valence-electron chi connectivity index (χ4n) is 3.10. The van der Waals surface area contributed by atoms with Crippen molar-refractivity contribution >= 4 is 35.1 Å². The Kier molecular flexibility index (Phi) is 5.49. The molecule has 2 heterocycles. The maximum atomic E-state index is 12.5. The first-order valence-corrected chi connectivity index (χ1v) is 9.17. The highest BCUT2D eigenvalue weighted by Crippen LogP contribution is 2.24. The summed E-state index contributed by atoms with van der Waals surface area (Å²) >= 11 is 0. The van der Waals surface area contributed by atoms with E-state index in [1.165, 1.54) is 19.1 Å². The SMILES string of the molecule is Cc1nn(C)c(C)c1NC(=O)[C@@H](C)OC(=O)c1cccc(N2C(=O)CCC2=O)c1. The summed E-state index contributed by atoms with van der Waals surface area (Å²) in [6.07, 6.45) is -0.754. The van der Waals surface area contributed by atoms with Crippen molar-refractivity contribution in [3.05, 3.63) is 41.2 Å². The van der Waals surface area contributed by atoms with E-state index in [0.717, 1.165) is 10.6 Å². The number of hydrogen-bond donors (Lipinski definition) is 1. The second kappa shape index (κ2) is 7.86. The Bertz CT molecular complexity index is 994. The van der Waals surface area contributed by atoms with Gasteiger partial charge in [0.2, 0.25) is 11.8 Å². The van der Waals surface area contributed by atoms with Gasteiger partial charge < -0.3 is 10.1 Å². The lowest BCUT2D eigenvalue weighted by Crippen LogP contribution is -2.31. The Morgan fingerprint density at radius 3 is 2.41 bits per heavy atom. The monoisotopic (exact) mass is 398 g/mol. The van der Waals surface area contributed by atoms with E-state index in [9.17, 15) is 19.2 Å². The maximum absolute atomic E-state index is 12.5. The summed E-state index contributed by atoms with van der Waals surface area (Å²) in [4.78, 5) is 49.7. The van der Waals surface area contributed by atoms with Crippen LogP contribution in [-0.2, 0) is 26.2 Å². The van der Waals surface area contributed by atoms with Gasteiger partial charge in [0.05, 0.1) is 28.3 Å². The smallest absolute Gasteiger partial charge is 0.338 e. The molecule has 1 aliphatic heterocycles. The molecule has 2 aromatic rings. The van der Waals surface area contributed by atoms with E-state index in [-0.39, 0.29) is 30.2 Å². The fourth-order valence-corrected chi connectivity index (χ4v) is 3.10. The molecule has 0 unspecified atom stereocenters. The quantitative estimate of drug-likeness (QED) is 0.608. The first-order chi connectivity index (χ1) is 13.7. The third-order valence-corrected chi connectivity index (χ3v) is 4.80. The van der Waals surface area contributed by atoms with Crippen LogP contribution in [0.1, 0.15) is 41.5 Å². The standard InChI is InChI=1S/C20H22N4O5/c1-11-18(12(2)23(4)22-11)21-19(27)13(3)29-20(28)14-6-5-7-15(10-14)24-16(25)8-9-17(24)26/h5-7,10,13H,8-9H2,1-4H3,(H,21,27)/t13-/m1/s1. The Labute approximate surface area is 167 Å². The summed E-state index contributed by atoms with van der Waals surface area (Å²) in [5.41, 5.74) is 2.47. The van der Waals surface area contributed by atoms with Gasteiger partial charge in [-0.1, -0.05) is 6.07 Å². The molecule has 0 aliphatic carbocycles. The Hall–Kier alpha value is -3.49. The molecule has 1 aliphatic rings. The van der Waals surface area contributed by atoms with Gasteiger partial charge in [-0.15, -0.1) is 0 Å². The van der Waals surface area contributed by atoms with Crippen molar-refractivity contribution in [1.29, 1.82) is 0 Å². The van der Waals surface area contributed by atoms with Gasteiger partial charge in [0.25, 0.3) is 5.91 Å². The van der Waals surface area contributed by atoms with E-state index < -0.39 is 18.0 Å². The number of rotatable bonds is 5. The zero-order chi connectivity index (χ0) is 21.3. The first-order valence-electron chi connectivity index (χ1n) is 9.17. The number of anilines is 2. The van der Waals surface area contributed by atoms with Gasteiger partial charge in [-0.3, -0.25) is 24.0 Å². The summed E-state index contributed by atoms with van der Waals surface area (Å²) in [6, 6.07) is 6.03. The van der Waals surface area contributed by atoms with Crippen LogP contribution in [0.25, 0.3) is 0 Å². The molecule has 1 aromatic heterocycles. The van der Waals surface area contributed by atoms with Crippen molar-refractivity contribution in [2.45, 2.75) is 39.7 Å². The van der Waals surface area contributed by atoms with Gasteiger partial charge in [-0.25, -0.2) is 4.79 Å². The molecular formula is C20H22N4O5. The maximum Gasteiger partial charge on any atom is 0.338 e. The van der Waals surface area contributed by atoms with Crippen molar-refractivity contribution < 1.29 is 23.9 Å². The minimum Gasteiger partial charge on any atom is -0.449 e. The van der Waals surface area contributed by atoms with Gasteiger partial charge >= 0.3 is 5.97 Å². The lowest BCUT2D eigenvalue weighted by atomic mass is 10.2. The predicted octanol–water partition coefficient (Wildman–Crippen LogP) is 1.87. The highest BCUT2D eigenvalue weighted by molar-refractivity contribution is 6.20. The summed E-state index contributed by atoms with van der Waals surface area (Å²) in [5, 5.41) is 6.95. The van der Waals surface area contributed by atoms with Gasteiger partial charge in [0, 0.05) is 19.9 Å². The Balaban J connectivity index is 1.69. The average Bonchev–Trinajstić information content (AvgIpc) is 3.14. The largest absolute Gasteiger partial charge is 0.449 e. The number of hydrogen-bond acceptors (Lipinski definition) is 6. The van der Waals surface area contributed by atoms with E-state index in [2.05, 4.69) is 10.4 Å². The molecule has 1 aromatic carbocycles. The zero-order valence-corrected chi connectivity index (χ0v) is 16.7. The third-order valence-electron chi connectivity index (χ3n) is 4.80. The Morgan fingerprint density at radius 1 is 1.17 bits per heavy atom. The van der Waals surface area contributed by atoms with Crippen LogP contribution in [0, 0.1) is 13.8 Å². The van der Waals surface area contributed by atoms with Crippen LogP contribution in [0.4, 0.5) is 11.4 Å². The van der Waals surface area contributed by atoms with Crippen LogP contribution >= 0.6 is 0 Å². The van der Waals surface area contributed by atoms with Crippen molar-refractivity contribution in [1.82, 2.24) is 9.78 Å². The highest BCUT2D eigenvalue weighted by Gasteiger charge is 2.31. The molecule has 0 spiro atoms. The average molecular weight is 398 g/mol. The fraction of sp³-hybridized carbons (Fsp3) is 0.350. The number of ether oxygens (including phenoxy) is 1. The molecule has 1 atom stereocenters. The molecule has 0 bridgehead atoms. The molecular weight excluding hydrogens is 376 g/mol. The van der Waals surface area contributed by atoms with Crippen LogP contribution in [0.15, 0.2) is 24.3 Å². The second-order valence-electron chi connectivity index (χ2n) is 6.88. The summed E-state index contributed by atoms with van der Waals surface area (Å²) in [6.45, 7) is 5.05. The third kappa shape index (κ3) is 4.03. The molecule has 3 rings (SSSR count). The van der Waals surface area contributed by atoms with Crippen molar-refractivity contribution in [3.63, 3.8) is 0 Å². The molecule has 1 N–H and O–H groups in total. The highest BCUT2D eigenvalue weighted by atomic mass is 16.5. The lowest BCUT2D eigenvalue weighted by Gasteiger charge is -2.16. The predicted molar refractivity (Wildman–Crippen MR) is 104 cm³/mol. The topological polar surface area (TPSA) is 111 Å². The number of benzene rings is 1. The van der Waals surface area contributed by atoms with Crippen LogP contribution in [0.5, 0.6) is 0 Å². The second-order valence-corrected chi connectivity index (χ2v) is 6.88. The van der Waals surface area contributed by atoms with Crippen LogP contribution < -0.4 is 10.2 Å². The first kappa shape index (κ1) is 20.2. The van der Waals surface area contributed by atoms with E-state index in [1.54, 1.807) is 30.8 Å². The number of carbonyl (C=O) groups is 4. The van der Waals surface area contributed by atoms with Crippen molar-refractivity contribution in [2.75, 3.05) is 10.2 Å². The number of nitrogens with zero attached hydrogens (tertiary/aromatic N) is 3. The zero-order valence-electron chi connectivity index (χ0n) is 16.7. The molecule has 3 amide bonds. The van der Waals surface area contributed by atoms with Gasteiger partial charge in [0.15, 0.2) is 6.10 Å². The summed E-state index contributed by atoms with van der Waals surface area (Å²) in [7, 11) is 1.77. The summed E-state index contributed by atoms with van der Waals surface area (Å²) in [5.74, 6) is -1.84. The number of aromatic nitrogens is 2. The van der Waals surface area contributed by atoms with Gasteiger partial charge in [-0.2, -0.15) is 5.10 Å². The van der Waals surface area contributed by atoms with Crippen molar-refractivity contribution in [3.8, 4) is 0 Å². The van der Waals surface area contributed by atoms with E-state index >= 15 is 0 Å². The minimum absolute atomic E-state index is 0.142. The number of esters is 1. The number of carbonyl (C=O) groups excluding carboxylic acids is 4. The number of amides is 3. The lowest BCUT2D eigenvalue weighted by molar-refractivity contribution is -0.124. The molecule has 1 saturated heterocycles. The van der Waals surface area contributed by atoms with E-state index in [4.69, 9.17) is 4.74 Å². The molecule has 9 nitrogen and oxygen atoms in total. The van der Waals surface area contributed by atoms with E-state index in [0.29, 0.717) is 17.1 Å². The molecule has 9 heteroatoms. The molecule has 0 radical (unpaired) electrons. The van der Waals surface area contributed by atoms with Crippen molar-refractivity contribution in [2.24, 2.45) is 7.05 Å². The van der Waals surface area contributed by atoms with Crippen LogP contribution in [-0.4, -0.2) is 39.6 Å². The number of imide groups is 1. The van der Waals surface area contributed by atoms with Gasteiger partial charge in [-0.05, 0) is 39.0 Å².